The SMILES string of the molecule is O=C1Nc2ccccc2CO1.O=S(=O)(Cc1noc2ccccc12)N1CCC(N2COCc3ccccc32)CC1. The second-order valence-corrected chi connectivity index (χ2v) is 11.9. The van der Waals surface area contributed by atoms with Crippen molar-refractivity contribution in [2.75, 3.05) is 30.0 Å². The highest BCUT2D eigenvalue weighted by atomic mass is 32.2. The second kappa shape index (κ2) is 11.3. The van der Waals surface area contributed by atoms with E-state index < -0.39 is 10.0 Å². The van der Waals surface area contributed by atoms with Crippen LogP contribution in [0.15, 0.2) is 77.3 Å². The standard InChI is InChI=1S/C21H23N3O4S.C8H7NO2/c25-29(26,14-19-18-6-2-4-8-21(18)28-22-19)23-11-9-17(10-12-23)24-15-27-13-16-5-1-3-7-20(16)24;10-8-9-7-4-2-1-3-6(7)5-11-8/h1-8,17H,9-15H2;1-4H,5H2,(H,9,10). The molecule has 3 aliphatic heterocycles. The number of nitrogens with one attached hydrogen (secondary N) is 1. The molecule has 1 aromatic heterocycles. The molecule has 0 radical (unpaired) electrons. The lowest BCUT2D eigenvalue weighted by Crippen LogP contribution is -2.48. The number of anilines is 2. The molecule has 4 heterocycles. The van der Waals surface area contributed by atoms with E-state index in [1.165, 1.54) is 11.3 Å². The normalized spacial score (nSPS) is 17.7. The molecule has 0 spiro atoms. The average molecular weight is 563 g/mol. The average Bonchev–Trinajstić information content (AvgIpc) is 3.39. The molecule has 10 nitrogen and oxygen atoms in total. The van der Waals surface area contributed by atoms with Crippen molar-refractivity contribution < 1.29 is 27.2 Å². The third-order valence-corrected chi connectivity index (χ3v) is 9.22. The first kappa shape index (κ1) is 26.3. The Kier molecular flexibility index (Phi) is 7.42. The van der Waals surface area contributed by atoms with Crippen molar-refractivity contribution in [3.05, 3.63) is 89.6 Å². The summed E-state index contributed by atoms with van der Waals surface area (Å²) in [5.41, 5.74) is 5.35. The highest BCUT2D eigenvalue weighted by Gasteiger charge is 2.33. The monoisotopic (exact) mass is 562 g/mol. The van der Waals surface area contributed by atoms with Crippen molar-refractivity contribution >= 4 is 38.5 Å². The number of sulfonamides is 1. The number of ether oxygens (including phenoxy) is 2. The minimum absolute atomic E-state index is 0.135. The van der Waals surface area contributed by atoms with Crippen molar-refractivity contribution in [3.63, 3.8) is 0 Å². The zero-order valence-corrected chi connectivity index (χ0v) is 22.7. The zero-order chi connectivity index (χ0) is 27.5. The number of benzene rings is 3. The van der Waals surface area contributed by atoms with E-state index in [0.29, 0.717) is 44.3 Å². The summed E-state index contributed by atoms with van der Waals surface area (Å²) in [4.78, 5) is 13.0. The molecule has 1 N–H and O–H groups in total. The highest BCUT2D eigenvalue weighted by Crippen LogP contribution is 2.31. The van der Waals surface area contributed by atoms with E-state index in [0.717, 1.165) is 29.5 Å². The second-order valence-electron chi connectivity index (χ2n) is 9.95. The lowest BCUT2D eigenvalue weighted by atomic mass is 10.0. The van der Waals surface area contributed by atoms with Crippen molar-refractivity contribution in [1.29, 1.82) is 0 Å². The van der Waals surface area contributed by atoms with Crippen LogP contribution in [-0.4, -0.2) is 49.8 Å². The molecule has 3 aliphatic rings. The van der Waals surface area contributed by atoms with Crippen LogP contribution in [-0.2, 0) is 38.5 Å². The van der Waals surface area contributed by atoms with E-state index in [9.17, 15) is 13.2 Å². The van der Waals surface area contributed by atoms with Gasteiger partial charge in [-0.25, -0.2) is 17.5 Å². The van der Waals surface area contributed by atoms with Gasteiger partial charge < -0.3 is 18.9 Å². The van der Waals surface area contributed by atoms with Gasteiger partial charge in [0, 0.05) is 41.3 Å². The van der Waals surface area contributed by atoms with Crippen LogP contribution in [0.3, 0.4) is 0 Å². The van der Waals surface area contributed by atoms with Gasteiger partial charge in [0.2, 0.25) is 10.0 Å². The summed E-state index contributed by atoms with van der Waals surface area (Å²) in [6.45, 7) is 2.57. The molecule has 3 aromatic carbocycles. The zero-order valence-electron chi connectivity index (χ0n) is 21.9. The molecule has 0 unspecified atom stereocenters. The first-order valence-corrected chi connectivity index (χ1v) is 14.8. The summed E-state index contributed by atoms with van der Waals surface area (Å²) >= 11 is 0. The molecule has 1 saturated heterocycles. The van der Waals surface area contributed by atoms with Crippen molar-refractivity contribution in [2.45, 2.75) is 37.9 Å². The molecule has 0 saturated carbocycles. The minimum Gasteiger partial charge on any atom is -0.444 e. The molecule has 1 fully saturated rings. The number of amides is 1. The van der Waals surface area contributed by atoms with Crippen LogP contribution in [0, 0.1) is 0 Å². The Bertz CT molecular complexity index is 1610. The lowest BCUT2D eigenvalue weighted by molar-refractivity contribution is 0.0988. The van der Waals surface area contributed by atoms with Gasteiger partial charge >= 0.3 is 6.09 Å². The molecular formula is C29H30N4O6S. The fourth-order valence-corrected chi connectivity index (χ4v) is 6.84. The van der Waals surface area contributed by atoms with Crippen LogP contribution in [0.5, 0.6) is 0 Å². The molecular weight excluding hydrogens is 532 g/mol. The largest absolute Gasteiger partial charge is 0.444 e. The number of aromatic nitrogens is 1. The van der Waals surface area contributed by atoms with Crippen molar-refractivity contribution in [2.24, 2.45) is 0 Å². The molecule has 1 amide bonds. The van der Waals surface area contributed by atoms with Crippen molar-refractivity contribution in [3.8, 4) is 0 Å². The number of fused-ring (bicyclic) bond motifs is 3. The molecule has 0 aliphatic carbocycles. The van der Waals surface area contributed by atoms with E-state index in [1.54, 1.807) is 10.4 Å². The predicted octanol–water partition coefficient (Wildman–Crippen LogP) is 4.87. The summed E-state index contributed by atoms with van der Waals surface area (Å²) in [5, 5.41) is 7.34. The number of carbonyl (C=O) groups excluding carboxylic acids is 1. The Labute approximate surface area is 232 Å². The number of hydrogen-bond acceptors (Lipinski definition) is 8. The van der Waals surface area contributed by atoms with E-state index in [1.807, 2.05) is 54.6 Å². The quantitative estimate of drug-likeness (QED) is 0.375. The van der Waals surface area contributed by atoms with Gasteiger partial charge in [-0.15, -0.1) is 0 Å². The first-order chi connectivity index (χ1) is 19.5. The number of rotatable bonds is 4. The van der Waals surface area contributed by atoms with Crippen LogP contribution in [0.2, 0.25) is 0 Å². The Morgan fingerprint density at radius 3 is 2.48 bits per heavy atom. The van der Waals surface area contributed by atoms with Gasteiger partial charge in [0.25, 0.3) is 0 Å². The van der Waals surface area contributed by atoms with Crippen LogP contribution in [0.1, 0.15) is 29.7 Å². The van der Waals surface area contributed by atoms with Gasteiger partial charge in [-0.1, -0.05) is 53.7 Å². The molecule has 4 aromatic rings. The Morgan fingerprint density at radius 2 is 1.62 bits per heavy atom. The summed E-state index contributed by atoms with van der Waals surface area (Å²) in [7, 11) is -3.45. The van der Waals surface area contributed by atoms with Gasteiger partial charge in [-0.3, -0.25) is 5.32 Å². The van der Waals surface area contributed by atoms with E-state index in [-0.39, 0.29) is 17.9 Å². The Morgan fingerprint density at radius 1 is 0.900 bits per heavy atom. The van der Waals surface area contributed by atoms with Crippen LogP contribution < -0.4 is 10.2 Å². The van der Waals surface area contributed by atoms with Gasteiger partial charge in [-0.05, 0) is 37.1 Å². The van der Waals surface area contributed by atoms with Crippen LogP contribution in [0.4, 0.5) is 16.2 Å². The molecule has 208 valence electrons. The third kappa shape index (κ3) is 5.53. The summed E-state index contributed by atoms with van der Waals surface area (Å²) in [6, 6.07) is 23.5. The maximum Gasteiger partial charge on any atom is 0.411 e. The highest BCUT2D eigenvalue weighted by molar-refractivity contribution is 7.88. The molecule has 0 bridgehead atoms. The summed E-state index contributed by atoms with van der Waals surface area (Å²) in [6.07, 6.45) is 1.18. The van der Waals surface area contributed by atoms with Crippen LogP contribution >= 0.6 is 0 Å². The predicted molar refractivity (Wildman–Crippen MR) is 150 cm³/mol. The summed E-state index contributed by atoms with van der Waals surface area (Å²) in [5.74, 6) is -0.135. The number of cyclic esters (lactones) is 1. The van der Waals surface area contributed by atoms with Crippen molar-refractivity contribution in [1.82, 2.24) is 9.46 Å². The molecule has 0 atom stereocenters. The topological polar surface area (TPSA) is 114 Å². The molecule has 7 rings (SSSR count). The minimum atomic E-state index is -3.45. The maximum absolute atomic E-state index is 13.0. The molecule has 40 heavy (non-hydrogen) atoms. The van der Waals surface area contributed by atoms with Crippen LogP contribution in [0.25, 0.3) is 11.0 Å². The number of nitrogens with zero attached hydrogens (tertiary/aromatic N) is 3. The third-order valence-electron chi connectivity index (χ3n) is 7.43. The Balaban J connectivity index is 0.000000219. The fourth-order valence-electron chi connectivity index (χ4n) is 5.33. The van der Waals surface area contributed by atoms with Gasteiger partial charge in [0.1, 0.15) is 24.8 Å². The number of para-hydroxylation sites is 3. The smallest absolute Gasteiger partial charge is 0.411 e. The Hall–Kier alpha value is -3.93. The molecule has 11 heteroatoms. The van der Waals surface area contributed by atoms with Gasteiger partial charge in [-0.2, -0.15) is 0 Å². The van der Waals surface area contributed by atoms with Gasteiger partial charge in [0.05, 0.1) is 12.3 Å². The van der Waals surface area contributed by atoms with E-state index >= 15 is 0 Å². The number of piperidine rings is 1. The van der Waals surface area contributed by atoms with Gasteiger partial charge in [0.15, 0.2) is 5.58 Å². The summed E-state index contributed by atoms with van der Waals surface area (Å²) < 4.78 is 43.3. The first-order valence-electron chi connectivity index (χ1n) is 13.2. The number of hydrogen-bond donors (Lipinski definition) is 1. The number of carbonyl (C=O) groups is 1. The fraction of sp³-hybridized carbons (Fsp3) is 0.310. The van der Waals surface area contributed by atoms with E-state index in [4.69, 9.17) is 14.0 Å². The lowest BCUT2D eigenvalue weighted by Gasteiger charge is -2.41. The van der Waals surface area contributed by atoms with E-state index in [2.05, 4.69) is 27.5 Å². The maximum atomic E-state index is 13.0.